The van der Waals surface area contributed by atoms with Crippen LogP contribution >= 0.6 is 0 Å². The average Bonchev–Trinajstić information content (AvgIpc) is 3.04. The molecule has 0 unspecified atom stereocenters. The molecule has 1 atom stereocenters. The van der Waals surface area contributed by atoms with Crippen LogP contribution < -0.4 is 5.32 Å². The molecule has 2 aromatic carbocycles. The fraction of sp³-hybridized carbons (Fsp3) is 0.375. The second-order valence-corrected chi connectivity index (χ2v) is 7.74. The molecule has 0 saturated carbocycles. The lowest BCUT2D eigenvalue weighted by Crippen LogP contribution is -2.46. The van der Waals surface area contributed by atoms with E-state index in [4.69, 9.17) is 9.84 Å². The molecule has 2 heterocycles. The number of hydrogen-bond donors (Lipinski definition) is 1. The van der Waals surface area contributed by atoms with Crippen molar-refractivity contribution in [2.24, 2.45) is 0 Å². The Morgan fingerprint density at radius 1 is 1.03 bits per heavy atom. The minimum atomic E-state index is 0.220. The zero-order valence-electron chi connectivity index (χ0n) is 17.3. The summed E-state index contributed by atoms with van der Waals surface area (Å²) in [5.41, 5.74) is 6.00. The minimum Gasteiger partial charge on any atom is -0.374 e. The number of nitrogens with zero attached hydrogens (tertiary/aromatic N) is 3. The summed E-state index contributed by atoms with van der Waals surface area (Å²) in [5, 5.41) is 8.34. The van der Waals surface area contributed by atoms with Crippen LogP contribution in [0.5, 0.6) is 0 Å². The van der Waals surface area contributed by atoms with Crippen LogP contribution in [0.4, 0.5) is 0 Å². The molecule has 5 heteroatoms. The first-order chi connectivity index (χ1) is 14.2. The van der Waals surface area contributed by atoms with E-state index in [2.05, 4.69) is 66.5 Å². The fourth-order valence-electron chi connectivity index (χ4n) is 4.00. The topological polar surface area (TPSA) is 42.3 Å². The summed E-state index contributed by atoms with van der Waals surface area (Å²) in [4.78, 5) is 2.48. The van der Waals surface area contributed by atoms with Gasteiger partial charge < -0.3 is 10.1 Å². The molecule has 1 aliphatic rings. The molecule has 5 nitrogen and oxygen atoms in total. The Hall–Kier alpha value is -2.47. The second-order valence-electron chi connectivity index (χ2n) is 7.74. The van der Waals surface area contributed by atoms with Crippen LogP contribution in [0.1, 0.15) is 22.5 Å². The lowest BCUT2D eigenvalue weighted by Gasteiger charge is -2.33. The van der Waals surface area contributed by atoms with Crippen molar-refractivity contribution in [2.75, 3.05) is 26.2 Å². The Kier molecular flexibility index (Phi) is 6.39. The highest BCUT2D eigenvalue weighted by Gasteiger charge is 2.21. The molecule has 4 rings (SSSR count). The molecule has 1 aromatic heterocycles. The van der Waals surface area contributed by atoms with Crippen molar-refractivity contribution in [1.82, 2.24) is 20.0 Å². The highest BCUT2D eigenvalue weighted by molar-refractivity contribution is 5.36. The minimum absolute atomic E-state index is 0.220. The maximum atomic E-state index is 5.99. The number of aryl methyl sites for hydroxylation is 1. The van der Waals surface area contributed by atoms with Crippen molar-refractivity contribution >= 4 is 0 Å². The predicted molar refractivity (Wildman–Crippen MR) is 116 cm³/mol. The first-order valence-corrected chi connectivity index (χ1v) is 10.4. The molecule has 1 fully saturated rings. The molecule has 0 radical (unpaired) electrons. The van der Waals surface area contributed by atoms with E-state index in [1.807, 2.05) is 22.9 Å². The number of ether oxygens (including phenoxy) is 1. The average molecular weight is 391 g/mol. The lowest BCUT2D eigenvalue weighted by molar-refractivity contribution is -0.0300. The highest BCUT2D eigenvalue weighted by atomic mass is 16.5. The van der Waals surface area contributed by atoms with Crippen molar-refractivity contribution in [3.63, 3.8) is 0 Å². The second kappa shape index (κ2) is 9.35. The van der Waals surface area contributed by atoms with E-state index in [0.717, 1.165) is 50.7 Å². The van der Waals surface area contributed by atoms with Crippen LogP contribution in [-0.2, 0) is 17.8 Å². The van der Waals surface area contributed by atoms with Crippen molar-refractivity contribution in [3.05, 3.63) is 83.2 Å². The molecule has 0 amide bonds. The summed E-state index contributed by atoms with van der Waals surface area (Å²) >= 11 is 0. The van der Waals surface area contributed by atoms with E-state index in [-0.39, 0.29) is 6.10 Å². The monoisotopic (exact) mass is 390 g/mol. The Bertz CT molecular complexity index is 907. The van der Waals surface area contributed by atoms with Gasteiger partial charge in [-0.3, -0.25) is 4.90 Å². The number of rotatable bonds is 7. The van der Waals surface area contributed by atoms with Crippen LogP contribution in [-0.4, -0.2) is 47.0 Å². The third-order valence-electron chi connectivity index (χ3n) is 5.59. The largest absolute Gasteiger partial charge is 0.374 e. The molecule has 152 valence electrons. The number of benzene rings is 2. The number of hydrogen-bond acceptors (Lipinski definition) is 4. The zero-order valence-corrected chi connectivity index (χ0v) is 17.3. The van der Waals surface area contributed by atoms with Gasteiger partial charge in [-0.15, -0.1) is 0 Å². The van der Waals surface area contributed by atoms with E-state index in [1.165, 1.54) is 16.8 Å². The van der Waals surface area contributed by atoms with Crippen LogP contribution in [0, 0.1) is 13.8 Å². The van der Waals surface area contributed by atoms with E-state index in [9.17, 15) is 0 Å². The Balaban J connectivity index is 1.31. The van der Waals surface area contributed by atoms with E-state index >= 15 is 0 Å². The Labute approximate surface area is 173 Å². The number of para-hydroxylation sites is 1. The third kappa shape index (κ3) is 4.93. The van der Waals surface area contributed by atoms with Gasteiger partial charge in [-0.2, -0.15) is 5.10 Å². The SMILES string of the molecule is Cc1nn(-c2ccccc2)c(C)c1CNC[C@H]1CN(Cc2ccccc2)CCO1. The fourth-order valence-corrected chi connectivity index (χ4v) is 4.00. The van der Waals surface area contributed by atoms with Crippen molar-refractivity contribution in [3.8, 4) is 5.69 Å². The maximum absolute atomic E-state index is 5.99. The smallest absolute Gasteiger partial charge is 0.0826 e. The van der Waals surface area contributed by atoms with Crippen LogP contribution in [0.3, 0.4) is 0 Å². The van der Waals surface area contributed by atoms with Gasteiger partial charge in [-0.1, -0.05) is 48.5 Å². The maximum Gasteiger partial charge on any atom is 0.0826 e. The summed E-state index contributed by atoms with van der Waals surface area (Å²) in [7, 11) is 0. The van der Waals surface area contributed by atoms with E-state index < -0.39 is 0 Å². The van der Waals surface area contributed by atoms with Gasteiger partial charge in [-0.05, 0) is 31.5 Å². The molecule has 29 heavy (non-hydrogen) atoms. The van der Waals surface area contributed by atoms with Gasteiger partial charge in [0.05, 0.1) is 24.1 Å². The molecule has 1 aliphatic heterocycles. The van der Waals surface area contributed by atoms with Crippen LogP contribution in [0.2, 0.25) is 0 Å². The summed E-state index contributed by atoms with van der Waals surface area (Å²) < 4.78 is 8.03. The molecular formula is C24H30N4O. The number of aromatic nitrogens is 2. The molecule has 0 bridgehead atoms. The van der Waals surface area contributed by atoms with Crippen LogP contribution in [0.15, 0.2) is 60.7 Å². The number of morpholine rings is 1. The van der Waals surface area contributed by atoms with Gasteiger partial charge in [0.1, 0.15) is 0 Å². The zero-order chi connectivity index (χ0) is 20.1. The normalized spacial score (nSPS) is 17.5. The molecule has 1 N–H and O–H groups in total. The molecule has 0 spiro atoms. The third-order valence-corrected chi connectivity index (χ3v) is 5.59. The summed E-state index contributed by atoms with van der Waals surface area (Å²) in [6.45, 7) is 9.62. The van der Waals surface area contributed by atoms with Gasteiger partial charge in [-0.25, -0.2) is 4.68 Å². The van der Waals surface area contributed by atoms with Crippen molar-refractivity contribution in [1.29, 1.82) is 0 Å². The Morgan fingerprint density at radius 3 is 2.52 bits per heavy atom. The molecular weight excluding hydrogens is 360 g/mol. The van der Waals surface area contributed by atoms with Gasteiger partial charge in [0, 0.05) is 44.0 Å². The predicted octanol–water partition coefficient (Wildman–Crippen LogP) is 3.48. The standard InChI is InChI=1S/C24H30N4O/c1-19-24(20(2)28(26-19)22-11-7-4-8-12-22)16-25-15-23-18-27(13-14-29-23)17-21-9-5-3-6-10-21/h3-12,23,25H,13-18H2,1-2H3/t23-/m0/s1. The quantitative estimate of drug-likeness (QED) is 0.671. The van der Waals surface area contributed by atoms with Crippen LogP contribution in [0.25, 0.3) is 5.69 Å². The number of nitrogens with one attached hydrogen (secondary N) is 1. The van der Waals surface area contributed by atoms with E-state index in [0.29, 0.717) is 0 Å². The van der Waals surface area contributed by atoms with Crippen molar-refractivity contribution < 1.29 is 4.74 Å². The highest BCUT2D eigenvalue weighted by Crippen LogP contribution is 2.18. The van der Waals surface area contributed by atoms with Gasteiger partial charge in [0.2, 0.25) is 0 Å². The molecule has 3 aromatic rings. The summed E-state index contributed by atoms with van der Waals surface area (Å²) in [5.74, 6) is 0. The van der Waals surface area contributed by atoms with Gasteiger partial charge >= 0.3 is 0 Å². The summed E-state index contributed by atoms with van der Waals surface area (Å²) in [6, 6.07) is 21.0. The first kappa shape index (κ1) is 19.8. The molecule has 1 saturated heterocycles. The van der Waals surface area contributed by atoms with Gasteiger partial charge in [0.25, 0.3) is 0 Å². The van der Waals surface area contributed by atoms with E-state index in [1.54, 1.807) is 0 Å². The van der Waals surface area contributed by atoms with Crippen molar-refractivity contribution in [2.45, 2.75) is 33.0 Å². The van der Waals surface area contributed by atoms with Gasteiger partial charge in [0.15, 0.2) is 0 Å². The summed E-state index contributed by atoms with van der Waals surface area (Å²) in [6.07, 6.45) is 0.220. The Morgan fingerprint density at radius 2 is 1.76 bits per heavy atom. The lowest BCUT2D eigenvalue weighted by atomic mass is 10.1. The molecule has 0 aliphatic carbocycles. The first-order valence-electron chi connectivity index (χ1n) is 10.4.